The Morgan fingerprint density at radius 1 is 0.963 bits per heavy atom. The number of amides is 1. The van der Waals surface area contributed by atoms with E-state index in [2.05, 4.69) is 0 Å². The zero-order valence-corrected chi connectivity index (χ0v) is 16.5. The van der Waals surface area contributed by atoms with Gasteiger partial charge in [-0.05, 0) is 50.1 Å². The maximum Gasteiger partial charge on any atom is 0.258 e. The molecule has 3 rings (SSSR count). The van der Waals surface area contributed by atoms with Crippen LogP contribution in [0.1, 0.15) is 43.0 Å². The van der Waals surface area contributed by atoms with Gasteiger partial charge < -0.3 is 4.90 Å². The standard InChI is InChI=1S/C21H26N2O3S/c1-2-23(19-12-6-5-7-13-19)21(24)18-11-10-14-20(17-18)27(25,26)22-15-8-3-4-9-16-22/h5-7,10-14,17H,2-4,8-9,15-16H2,1H3. The van der Waals surface area contributed by atoms with Gasteiger partial charge in [0.05, 0.1) is 4.90 Å². The summed E-state index contributed by atoms with van der Waals surface area (Å²) >= 11 is 0. The third-order valence-corrected chi connectivity index (χ3v) is 6.81. The second kappa shape index (κ2) is 8.67. The first kappa shape index (κ1) is 19.6. The number of hydrogen-bond donors (Lipinski definition) is 0. The topological polar surface area (TPSA) is 57.7 Å². The summed E-state index contributed by atoms with van der Waals surface area (Å²) in [7, 11) is -3.58. The first-order valence-electron chi connectivity index (χ1n) is 9.51. The highest BCUT2D eigenvalue weighted by Gasteiger charge is 2.26. The maximum atomic E-state index is 13.0. The number of rotatable bonds is 5. The average molecular weight is 387 g/mol. The quantitative estimate of drug-likeness (QED) is 0.783. The second-order valence-corrected chi connectivity index (χ2v) is 8.67. The fourth-order valence-corrected chi connectivity index (χ4v) is 4.99. The Morgan fingerprint density at radius 3 is 2.26 bits per heavy atom. The van der Waals surface area contributed by atoms with Gasteiger partial charge in [0.25, 0.3) is 5.91 Å². The van der Waals surface area contributed by atoms with Crippen molar-refractivity contribution >= 4 is 21.6 Å². The van der Waals surface area contributed by atoms with Crippen molar-refractivity contribution in [3.8, 4) is 0 Å². The summed E-state index contributed by atoms with van der Waals surface area (Å²) in [6.07, 6.45) is 3.89. The second-order valence-electron chi connectivity index (χ2n) is 6.73. The van der Waals surface area contributed by atoms with Crippen LogP contribution < -0.4 is 4.90 Å². The maximum absolute atomic E-state index is 13.0. The molecule has 1 aliphatic heterocycles. The Labute approximate surface area is 161 Å². The molecular weight excluding hydrogens is 360 g/mol. The Kier molecular flexibility index (Phi) is 6.29. The number of carbonyl (C=O) groups is 1. The summed E-state index contributed by atoms with van der Waals surface area (Å²) in [5.41, 5.74) is 1.18. The summed E-state index contributed by atoms with van der Waals surface area (Å²) in [6, 6.07) is 15.8. The Balaban J connectivity index is 1.89. The minimum absolute atomic E-state index is 0.194. The molecule has 0 unspecified atom stereocenters. The Morgan fingerprint density at radius 2 is 1.63 bits per heavy atom. The molecule has 1 aliphatic rings. The third kappa shape index (κ3) is 4.39. The lowest BCUT2D eigenvalue weighted by atomic mass is 10.2. The van der Waals surface area contributed by atoms with E-state index in [0.717, 1.165) is 31.4 Å². The van der Waals surface area contributed by atoms with Gasteiger partial charge in [-0.3, -0.25) is 4.79 Å². The Bertz CT molecular complexity index is 873. The number of carbonyl (C=O) groups excluding carboxylic acids is 1. The highest BCUT2D eigenvalue weighted by atomic mass is 32.2. The van der Waals surface area contributed by atoms with Crippen LogP contribution in [0, 0.1) is 0 Å². The van der Waals surface area contributed by atoms with Crippen molar-refractivity contribution in [2.45, 2.75) is 37.5 Å². The van der Waals surface area contributed by atoms with Gasteiger partial charge in [0, 0.05) is 30.9 Å². The smallest absolute Gasteiger partial charge is 0.258 e. The first-order chi connectivity index (χ1) is 13.0. The van der Waals surface area contributed by atoms with E-state index in [9.17, 15) is 13.2 Å². The molecule has 1 saturated heterocycles. The lowest BCUT2D eigenvalue weighted by molar-refractivity contribution is 0.0988. The molecule has 2 aromatic rings. The zero-order chi connectivity index (χ0) is 19.3. The van der Waals surface area contributed by atoms with E-state index >= 15 is 0 Å². The summed E-state index contributed by atoms with van der Waals surface area (Å²) in [6.45, 7) is 3.51. The van der Waals surface area contributed by atoms with Crippen molar-refractivity contribution in [3.05, 3.63) is 60.2 Å². The molecule has 27 heavy (non-hydrogen) atoms. The van der Waals surface area contributed by atoms with Gasteiger partial charge in [-0.25, -0.2) is 8.42 Å². The predicted molar refractivity (Wildman–Crippen MR) is 107 cm³/mol. The van der Waals surface area contributed by atoms with Crippen molar-refractivity contribution < 1.29 is 13.2 Å². The first-order valence-corrected chi connectivity index (χ1v) is 10.9. The highest BCUT2D eigenvalue weighted by molar-refractivity contribution is 7.89. The Hall–Kier alpha value is -2.18. The molecule has 1 heterocycles. The summed E-state index contributed by atoms with van der Waals surface area (Å²) in [5, 5.41) is 0. The molecule has 0 saturated carbocycles. The summed E-state index contributed by atoms with van der Waals surface area (Å²) in [4.78, 5) is 14.8. The van der Waals surface area contributed by atoms with Crippen LogP contribution in [-0.4, -0.2) is 38.3 Å². The van der Waals surface area contributed by atoms with E-state index in [0.29, 0.717) is 25.2 Å². The van der Waals surface area contributed by atoms with Crippen LogP contribution >= 0.6 is 0 Å². The fraction of sp³-hybridized carbons (Fsp3) is 0.381. The molecule has 2 aromatic carbocycles. The van der Waals surface area contributed by atoms with Crippen LogP contribution in [0.4, 0.5) is 5.69 Å². The number of anilines is 1. The van der Waals surface area contributed by atoms with E-state index in [1.54, 1.807) is 27.4 Å². The molecule has 0 N–H and O–H groups in total. The molecule has 0 aliphatic carbocycles. The molecule has 1 amide bonds. The monoisotopic (exact) mass is 386 g/mol. The van der Waals surface area contributed by atoms with Gasteiger partial charge in [0.2, 0.25) is 10.0 Å². The van der Waals surface area contributed by atoms with Gasteiger partial charge in [-0.1, -0.05) is 37.1 Å². The molecule has 0 aromatic heterocycles. The number of hydrogen-bond acceptors (Lipinski definition) is 3. The van der Waals surface area contributed by atoms with Crippen LogP contribution in [0.2, 0.25) is 0 Å². The molecule has 0 bridgehead atoms. The van der Waals surface area contributed by atoms with Crippen molar-refractivity contribution in [2.24, 2.45) is 0 Å². The highest BCUT2D eigenvalue weighted by Crippen LogP contribution is 2.23. The van der Waals surface area contributed by atoms with Crippen LogP contribution in [-0.2, 0) is 10.0 Å². The largest absolute Gasteiger partial charge is 0.309 e. The minimum atomic E-state index is -3.58. The molecule has 1 fully saturated rings. The molecule has 6 heteroatoms. The van der Waals surface area contributed by atoms with E-state index in [1.165, 1.54) is 6.07 Å². The molecule has 0 radical (unpaired) electrons. The third-order valence-electron chi connectivity index (χ3n) is 4.91. The minimum Gasteiger partial charge on any atom is -0.309 e. The van der Waals surface area contributed by atoms with Crippen LogP contribution in [0.25, 0.3) is 0 Å². The van der Waals surface area contributed by atoms with E-state index in [1.807, 2.05) is 37.3 Å². The van der Waals surface area contributed by atoms with Gasteiger partial charge >= 0.3 is 0 Å². The van der Waals surface area contributed by atoms with Crippen LogP contribution in [0.3, 0.4) is 0 Å². The molecule has 144 valence electrons. The van der Waals surface area contributed by atoms with E-state index in [-0.39, 0.29) is 10.8 Å². The number of nitrogens with zero attached hydrogens (tertiary/aromatic N) is 2. The van der Waals surface area contributed by atoms with Gasteiger partial charge in [0.15, 0.2) is 0 Å². The van der Waals surface area contributed by atoms with Crippen molar-refractivity contribution in [1.82, 2.24) is 4.31 Å². The average Bonchev–Trinajstić information content (AvgIpc) is 2.99. The lowest BCUT2D eigenvalue weighted by Gasteiger charge is -2.22. The van der Waals surface area contributed by atoms with Gasteiger partial charge in [-0.2, -0.15) is 4.31 Å². The normalized spacial score (nSPS) is 15.9. The number of sulfonamides is 1. The van der Waals surface area contributed by atoms with Gasteiger partial charge in [0.1, 0.15) is 0 Å². The molecule has 0 spiro atoms. The van der Waals surface area contributed by atoms with E-state index < -0.39 is 10.0 Å². The number of benzene rings is 2. The van der Waals surface area contributed by atoms with E-state index in [4.69, 9.17) is 0 Å². The van der Waals surface area contributed by atoms with Crippen molar-refractivity contribution in [3.63, 3.8) is 0 Å². The SMILES string of the molecule is CCN(C(=O)c1cccc(S(=O)(=O)N2CCCCCC2)c1)c1ccccc1. The summed E-state index contributed by atoms with van der Waals surface area (Å²) < 4.78 is 27.6. The van der Waals surface area contributed by atoms with Crippen molar-refractivity contribution in [2.75, 3.05) is 24.5 Å². The lowest BCUT2D eigenvalue weighted by Crippen LogP contribution is -2.33. The van der Waals surface area contributed by atoms with Crippen LogP contribution in [0.5, 0.6) is 0 Å². The molecular formula is C21H26N2O3S. The predicted octanol–water partition coefficient (Wildman–Crippen LogP) is 3.92. The molecule has 0 atom stereocenters. The molecule has 5 nitrogen and oxygen atoms in total. The zero-order valence-electron chi connectivity index (χ0n) is 15.7. The fourth-order valence-electron chi connectivity index (χ4n) is 3.43. The van der Waals surface area contributed by atoms with Crippen LogP contribution in [0.15, 0.2) is 59.5 Å². The van der Waals surface area contributed by atoms with Gasteiger partial charge in [-0.15, -0.1) is 0 Å². The summed E-state index contributed by atoms with van der Waals surface area (Å²) in [5.74, 6) is -0.198. The van der Waals surface area contributed by atoms with Crippen molar-refractivity contribution in [1.29, 1.82) is 0 Å². The number of para-hydroxylation sites is 1.